The number of benzene rings is 2. The zero-order chi connectivity index (χ0) is 23.8. The molecule has 33 heavy (non-hydrogen) atoms. The van der Waals surface area contributed by atoms with E-state index < -0.39 is 21.8 Å². The molecule has 0 amide bonds. The molecule has 0 atom stereocenters. The number of hydrogen-bond donors (Lipinski definition) is 0. The minimum atomic E-state index is -4.27. The molecule has 10 heteroatoms. The first kappa shape index (κ1) is 23.0. The fourth-order valence-corrected chi connectivity index (χ4v) is 5.40. The number of ketones is 1. The van der Waals surface area contributed by atoms with Crippen molar-refractivity contribution in [1.82, 2.24) is 8.96 Å². The number of ether oxygens (including phenoxy) is 1. The van der Waals surface area contributed by atoms with Crippen LogP contribution in [0.1, 0.15) is 21.7 Å². The number of aromatic nitrogens is 2. The van der Waals surface area contributed by atoms with Crippen LogP contribution in [0.15, 0.2) is 71.8 Å². The fraction of sp³-hybridized carbons (Fsp3) is 0.0870. The van der Waals surface area contributed by atoms with Crippen LogP contribution < -0.4 is 0 Å². The lowest BCUT2D eigenvalue weighted by Gasteiger charge is -2.12. The van der Waals surface area contributed by atoms with Gasteiger partial charge in [-0.05, 0) is 36.4 Å². The van der Waals surface area contributed by atoms with Crippen LogP contribution >= 0.6 is 23.2 Å². The summed E-state index contributed by atoms with van der Waals surface area (Å²) in [4.78, 5) is 29.9. The molecule has 0 aliphatic heterocycles. The van der Waals surface area contributed by atoms with Crippen molar-refractivity contribution in [2.24, 2.45) is 0 Å². The predicted octanol–water partition coefficient (Wildman–Crippen LogP) is 4.53. The van der Waals surface area contributed by atoms with Crippen molar-refractivity contribution < 1.29 is 22.7 Å². The maximum atomic E-state index is 13.8. The Morgan fingerprint density at radius 1 is 1.00 bits per heavy atom. The number of carbonyl (C=O) groups excluding carboxylic acids is 2. The monoisotopic (exact) mass is 502 g/mol. The second-order valence-corrected chi connectivity index (χ2v) is 9.67. The van der Waals surface area contributed by atoms with Crippen LogP contribution in [0.3, 0.4) is 0 Å². The lowest BCUT2D eigenvalue weighted by molar-refractivity contribution is -0.139. The third-order valence-corrected chi connectivity index (χ3v) is 7.19. The highest BCUT2D eigenvalue weighted by Crippen LogP contribution is 2.34. The van der Waals surface area contributed by atoms with Crippen LogP contribution in [0, 0.1) is 0 Å². The van der Waals surface area contributed by atoms with E-state index >= 15 is 0 Å². The third-order valence-electron chi connectivity index (χ3n) is 4.99. The average molecular weight is 503 g/mol. The Balaban J connectivity index is 2.13. The van der Waals surface area contributed by atoms with Gasteiger partial charge in [-0.25, -0.2) is 12.4 Å². The molecule has 7 nitrogen and oxygen atoms in total. The van der Waals surface area contributed by atoms with E-state index in [1.165, 1.54) is 43.6 Å². The van der Waals surface area contributed by atoms with Gasteiger partial charge in [0.2, 0.25) is 5.78 Å². The first-order chi connectivity index (χ1) is 15.7. The quantitative estimate of drug-likeness (QED) is 0.284. The molecule has 0 saturated heterocycles. The SMILES string of the molecule is COC(=O)Cc1c(C(=O)c2cc(Cl)ccn2)n(S(=O)(=O)c2ccccc2)c2cc(Cl)ccc12. The molecule has 0 saturated carbocycles. The van der Waals surface area contributed by atoms with Crippen LogP contribution in [0.2, 0.25) is 10.0 Å². The van der Waals surface area contributed by atoms with Crippen molar-refractivity contribution >= 4 is 55.9 Å². The van der Waals surface area contributed by atoms with Gasteiger partial charge in [0.05, 0.1) is 23.9 Å². The van der Waals surface area contributed by atoms with E-state index in [2.05, 4.69) is 4.98 Å². The highest BCUT2D eigenvalue weighted by atomic mass is 35.5. The Morgan fingerprint density at radius 2 is 1.70 bits per heavy atom. The molecule has 4 rings (SSSR count). The molecule has 0 unspecified atom stereocenters. The van der Waals surface area contributed by atoms with E-state index in [9.17, 15) is 18.0 Å². The highest BCUT2D eigenvalue weighted by Gasteiger charge is 2.32. The van der Waals surface area contributed by atoms with Gasteiger partial charge in [-0.2, -0.15) is 0 Å². The molecule has 0 bridgehead atoms. The average Bonchev–Trinajstić information content (AvgIpc) is 3.12. The number of esters is 1. The number of fused-ring (bicyclic) bond motifs is 1. The van der Waals surface area contributed by atoms with Gasteiger partial charge in [-0.1, -0.05) is 47.5 Å². The number of methoxy groups -OCH3 is 1. The highest BCUT2D eigenvalue weighted by molar-refractivity contribution is 7.90. The summed E-state index contributed by atoms with van der Waals surface area (Å²) >= 11 is 12.2. The molecule has 0 radical (unpaired) electrons. The first-order valence-corrected chi connectivity index (χ1v) is 11.8. The fourth-order valence-electron chi connectivity index (χ4n) is 3.52. The Bertz CT molecular complexity index is 1500. The summed E-state index contributed by atoms with van der Waals surface area (Å²) in [7, 11) is -3.07. The Hall–Kier alpha value is -3.20. The lowest BCUT2D eigenvalue weighted by Crippen LogP contribution is -2.21. The van der Waals surface area contributed by atoms with Gasteiger partial charge in [-0.15, -0.1) is 0 Å². The van der Waals surface area contributed by atoms with Crippen molar-refractivity contribution in [3.8, 4) is 0 Å². The Morgan fingerprint density at radius 3 is 2.36 bits per heavy atom. The molecule has 2 aromatic carbocycles. The second-order valence-electron chi connectivity index (χ2n) is 7.01. The summed E-state index contributed by atoms with van der Waals surface area (Å²) in [5, 5.41) is 0.878. The van der Waals surface area contributed by atoms with Crippen molar-refractivity contribution in [2.45, 2.75) is 11.3 Å². The first-order valence-electron chi connectivity index (χ1n) is 9.60. The maximum absolute atomic E-state index is 13.8. The number of hydrogen-bond acceptors (Lipinski definition) is 6. The number of pyridine rings is 1. The summed E-state index contributed by atoms with van der Waals surface area (Å²) in [6.45, 7) is 0. The Kier molecular flexibility index (Phi) is 6.25. The largest absolute Gasteiger partial charge is 0.469 e. The van der Waals surface area contributed by atoms with E-state index in [0.29, 0.717) is 5.39 Å². The summed E-state index contributed by atoms with van der Waals surface area (Å²) < 4.78 is 33.2. The van der Waals surface area contributed by atoms with Gasteiger partial charge in [0.1, 0.15) is 11.4 Å². The Labute approximate surface area is 199 Å². The second kappa shape index (κ2) is 8.97. The van der Waals surface area contributed by atoms with Crippen LogP contribution in [0.4, 0.5) is 0 Å². The zero-order valence-electron chi connectivity index (χ0n) is 17.2. The molecule has 2 heterocycles. The molecule has 2 aromatic heterocycles. The van der Waals surface area contributed by atoms with Gasteiger partial charge in [0.15, 0.2) is 0 Å². The van der Waals surface area contributed by atoms with Crippen LogP contribution in [0.5, 0.6) is 0 Å². The van der Waals surface area contributed by atoms with E-state index in [4.69, 9.17) is 27.9 Å². The molecular formula is C23H16Cl2N2O5S. The molecular weight excluding hydrogens is 487 g/mol. The van der Waals surface area contributed by atoms with Crippen molar-refractivity contribution in [3.05, 3.63) is 93.9 Å². The third kappa shape index (κ3) is 4.25. The smallest absolute Gasteiger partial charge is 0.310 e. The normalized spacial score (nSPS) is 11.5. The summed E-state index contributed by atoms with van der Waals surface area (Å²) in [6.07, 6.45) is 0.999. The minimum Gasteiger partial charge on any atom is -0.469 e. The molecule has 168 valence electrons. The molecule has 0 spiro atoms. The van der Waals surface area contributed by atoms with Gasteiger partial charge in [-0.3, -0.25) is 14.6 Å². The van der Waals surface area contributed by atoms with Gasteiger partial charge in [0, 0.05) is 27.2 Å². The summed E-state index contributed by atoms with van der Waals surface area (Å²) in [5.41, 5.74) is 0.0127. The standard InChI is InChI=1S/C23H16Cl2N2O5S/c1-32-21(28)13-18-17-8-7-14(24)12-20(17)27(33(30,31)16-5-3-2-4-6-16)22(18)23(29)19-11-15(25)9-10-26-19/h2-12H,13H2,1H3. The summed E-state index contributed by atoms with van der Waals surface area (Å²) in [6, 6.07) is 15.0. The van der Waals surface area contributed by atoms with Crippen molar-refractivity contribution in [2.75, 3.05) is 7.11 Å². The zero-order valence-corrected chi connectivity index (χ0v) is 19.5. The molecule has 4 aromatic rings. The van der Waals surface area contributed by atoms with E-state index in [-0.39, 0.29) is 43.8 Å². The molecule has 0 aliphatic rings. The molecule has 0 N–H and O–H groups in total. The maximum Gasteiger partial charge on any atom is 0.310 e. The van der Waals surface area contributed by atoms with E-state index in [1.54, 1.807) is 30.3 Å². The molecule has 0 fully saturated rings. The van der Waals surface area contributed by atoms with E-state index in [1.807, 2.05) is 0 Å². The lowest BCUT2D eigenvalue weighted by atomic mass is 10.0. The predicted molar refractivity (Wildman–Crippen MR) is 124 cm³/mol. The van der Waals surface area contributed by atoms with Crippen molar-refractivity contribution in [1.29, 1.82) is 0 Å². The summed E-state index contributed by atoms with van der Waals surface area (Å²) in [5.74, 6) is -1.36. The minimum absolute atomic E-state index is 0.0420. The number of nitrogens with zero attached hydrogens (tertiary/aromatic N) is 2. The van der Waals surface area contributed by atoms with Gasteiger partial charge in [0.25, 0.3) is 10.0 Å². The van der Waals surface area contributed by atoms with Crippen LogP contribution in [-0.4, -0.2) is 36.2 Å². The van der Waals surface area contributed by atoms with Gasteiger partial charge < -0.3 is 4.74 Å². The topological polar surface area (TPSA) is 95.3 Å². The van der Waals surface area contributed by atoms with Crippen molar-refractivity contribution in [3.63, 3.8) is 0 Å². The molecule has 0 aliphatic carbocycles. The number of halogens is 2. The number of carbonyl (C=O) groups is 2. The van der Waals surface area contributed by atoms with Crippen LogP contribution in [-0.2, 0) is 26.0 Å². The van der Waals surface area contributed by atoms with E-state index in [0.717, 1.165) is 3.97 Å². The van der Waals surface area contributed by atoms with Gasteiger partial charge >= 0.3 is 5.97 Å². The number of rotatable bonds is 6. The van der Waals surface area contributed by atoms with Crippen LogP contribution in [0.25, 0.3) is 10.9 Å².